The molecule has 178 valence electrons. The highest BCUT2D eigenvalue weighted by Crippen LogP contribution is 2.35. The summed E-state index contributed by atoms with van der Waals surface area (Å²) in [7, 11) is 0. The minimum absolute atomic E-state index is 0.0819. The fraction of sp³-hybridized carbons (Fsp3) is 0.333. The van der Waals surface area contributed by atoms with Gasteiger partial charge in [-0.3, -0.25) is 0 Å². The smallest absolute Gasteiger partial charge is 0.417 e. The predicted molar refractivity (Wildman–Crippen MR) is 119 cm³/mol. The van der Waals surface area contributed by atoms with Crippen LogP contribution in [0.2, 0.25) is 5.02 Å². The maximum Gasteiger partial charge on any atom is 0.417 e. The van der Waals surface area contributed by atoms with Crippen LogP contribution in [-0.2, 0) is 10.9 Å². The lowest BCUT2D eigenvalue weighted by molar-refractivity contribution is -0.137. The van der Waals surface area contributed by atoms with Crippen molar-refractivity contribution in [1.29, 1.82) is 0 Å². The summed E-state index contributed by atoms with van der Waals surface area (Å²) in [5.74, 6) is 1.28. The topological polar surface area (TPSA) is 62.2 Å². The first-order valence-corrected chi connectivity index (χ1v) is 10.8. The van der Waals surface area contributed by atoms with Crippen LogP contribution in [-0.4, -0.2) is 43.9 Å². The number of hydrogen-bond donors (Lipinski definition) is 0. The highest BCUT2D eigenvalue weighted by molar-refractivity contribution is 6.55. The molecule has 0 fully saturated rings. The summed E-state index contributed by atoms with van der Waals surface area (Å²) in [6.07, 6.45) is -1.82. The number of ether oxygens (including phenoxy) is 4. The van der Waals surface area contributed by atoms with E-state index in [2.05, 4.69) is 9.98 Å². The van der Waals surface area contributed by atoms with E-state index < -0.39 is 11.7 Å². The number of nitrogens with zero attached hydrogens (tertiary/aromatic N) is 2. The van der Waals surface area contributed by atoms with Crippen molar-refractivity contribution in [3.63, 3.8) is 0 Å². The van der Waals surface area contributed by atoms with Crippen LogP contribution < -0.4 is 14.2 Å². The van der Waals surface area contributed by atoms with Crippen molar-refractivity contribution in [2.45, 2.75) is 12.6 Å². The van der Waals surface area contributed by atoms with Crippen LogP contribution >= 0.6 is 34.8 Å². The molecule has 12 heteroatoms. The standard InChI is InChI=1S/C21H18Cl3F3N2O4/c22-16-11-14(30-8-4-17(23)24)10-15(20-28-5-9-33-20)19(16)32-7-1-6-31-18-3-2-13(12-29-18)21(25,26)27/h2-4,10-12H,1,5-9H2. The van der Waals surface area contributed by atoms with Gasteiger partial charge >= 0.3 is 6.18 Å². The zero-order valence-corrected chi connectivity index (χ0v) is 19.3. The Morgan fingerprint density at radius 2 is 1.91 bits per heavy atom. The van der Waals surface area contributed by atoms with E-state index in [1.807, 2.05) is 0 Å². The van der Waals surface area contributed by atoms with Crippen LogP contribution in [0.4, 0.5) is 13.2 Å². The number of hydrogen-bond acceptors (Lipinski definition) is 6. The van der Waals surface area contributed by atoms with Gasteiger partial charge in [0.1, 0.15) is 23.5 Å². The first-order valence-electron chi connectivity index (χ1n) is 9.68. The third-order valence-corrected chi connectivity index (χ3v) is 4.76. The van der Waals surface area contributed by atoms with Gasteiger partial charge in [-0.25, -0.2) is 9.98 Å². The van der Waals surface area contributed by atoms with Gasteiger partial charge in [0, 0.05) is 24.8 Å². The van der Waals surface area contributed by atoms with E-state index >= 15 is 0 Å². The fourth-order valence-electron chi connectivity index (χ4n) is 2.70. The van der Waals surface area contributed by atoms with E-state index in [0.29, 0.717) is 42.5 Å². The van der Waals surface area contributed by atoms with Gasteiger partial charge in [-0.15, -0.1) is 0 Å². The zero-order valence-electron chi connectivity index (χ0n) is 17.0. The van der Waals surface area contributed by atoms with Gasteiger partial charge in [0.05, 0.1) is 35.9 Å². The SMILES string of the molecule is FC(F)(F)c1ccc(OCCCOc2c(Cl)cc(OCC=C(Cl)Cl)cc2C2=NCCO2)nc1. The van der Waals surface area contributed by atoms with Crippen LogP contribution in [0.1, 0.15) is 17.5 Å². The molecule has 6 nitrogen and oxygen atoms in total. The quantitative estimate of drug-likeness (QED) is 0.352. The molecular formula is C21H18Cl3F3N2O4. The van der Waals surface area contributed by atoms with Crippen LogP contribution in [0.15, 0.2) is 46.0 Å². The maximum atomic E-state index is 12.6. The molecule has 1 aromatic heterocycles. The minimum Gasteiger partial charge on any atom is -0.491 e. The molecule has 0 atom stereocenters. The largest absolute Gasteiger partial charge is 0.491 e. The summed E-state index contributed by atoms with van der Waals surface area (Å²) in [4.78, 5) is 7.95. The second-order valence-corrected chi connectivity index (χ2v) is 7.97. The molecule has 0 unspecified atom stereocenters. The number of rotatable bonds is 10. The molecule has 0 radical (unpaired) electrons. The molecule has 2 aromatic rings. The highest BCUT2D eigenvalue weighted by atomic mass is 35.5. The molecule has 3 rings (SSSR count). The van der Waals surface area contributed by atoms with Gasteiger partial charge in [-0.1, -0.05) is 34.8 Å². The first-order chi connectivity index (χ1) is 15.7. The Hall–Kier alpha value is -2.36. The zero-order chi connectivity index (χ0) is 23.8. The van der Waals surface area contributed by atoms with E-state index in [-0.39, 0.29) is 35.2 Å². The summed E-state index contributed by atoms with van der Waals surface area (Å²) < 4.78 is 60.1. The molecular weight excluding hydrogens is 508 g/mol. The molecule has 0 N–H and O–H groups in total. The van der Waals surface area contributed by atoms with Crippen LogP contribution in [0.3, 0.4) is 0 Å². The van der Waals surface area contributed by atoms with Crippen molar-refractivity contribution in [2.75, 3.05) is 33.0 Å². The molecule has 1 aromatic carbocycles. The number of aliphatic imine (C=N–C) groups is 1. The number of pyridine rings is 1. The van der Waals surface area contributed by atoms with Crippen molar-refractivity contribution in [3.05, 3.63) is 57.2 Å². The van der Waals surface area contributed by atoms with Crippen molar-refractivity contribution in [1.82, 2.24) is 4.98 Å². The van der Waals surface area contributed by atoms with Gasteiger partial charge in [0.25, 0.3) is 0 Å². The van der Waals surface area contributed by atoms with Gasteiger partial charge in [-0.05, 0) is 18.2 Å². The van der Waals surface area contributed by atoms with E-state index in [4.69, 9.17) is 53.8 Å². The number of alkyl halides is 3. The van der Waals surface area contributed by atoms with E-state index in [9.17, 15) is 13.2 Å². The lowest BCUT2D eigenvalue weighted by Gasteiger charge is -2.15. The van der Waals surface area contributed by atoms with Gasteiger partial charge < -0.3 is 18.9 Å². The summed E-state index contributed by atoms with van der Waals surface area (Å²) >= 11 is 17.6. The third kappa shape index (κ3) is 7.58. The normalized spacial score (nSPS) is 13.2. The highest BCUT2D eigenvalue weighted by Gasteiger charge is 2.30. The molecule has 1 aliphatic rings. The monoisotopic (exact) mass is 524 g/mol. The Labute approximate surface area is 202 Å². The van der Waals surface area contributed by atoms with Crippen LogP contribution in [0.25, 0.3) is 0 Å². The third-order valence-electron chi connectivity index (χ3n) is 4.17. The fourth-order valence-corrected chi connectivity index (χ4v) is 3.09. The van der Waals surface area contributed by atoms with Gasteiger partial charge in [-0.2, -0.15) is 13.2 Å². The molecule has 0 aliphatic carbocycles. The Kier molecular flexibility index (Phi) is 8.94. The number of halogens is 6. The number of benzene rings is 1. The van der Waals surface area contributed by atoms with Crippen molar-refractivity contribution in [2.24, 2.45) is 4.99 Å². The maximum absolute atomic E-state index is 12.6. The second kappa shape index (κ2) is 11.7. The van der Waals surface area contributed by atoms with Crippen molar-refractivity contribution >= 4 is 40.7 Å². The Balaban J connectivity index is 1.58. The van der Waals surface area contributed by atoms with Crippen LogP contribution in [0, 0.1) is 0 Å². The molecule has 2 heterocycles. The Morgan fingerprint density at radius 3 is 2.55 bits per heavy atom. The van der Waals surface area contributed by atoms with Gasteiger partial charge in [0.2, 0.25) is 11.8 Å². The summed E-state index contributed by atoms with van der Waals surface area (Å²) in [5.41, 5.74) is -0.312. The van der Waals surface area contributed by atoms with Crippen molar-refractivity contribution < 1.29 is 32.1 Å². The lowest BCUT2D eigenvalue weighted by Crippen LogP contribution is -2.10. The molecule has 0 bridgehead atoms. The molecule has 0 saturated carbocycles. The van der Waals surface area contributed by atoms with E-state index in [1.54, 1.807) is 12.1 Å². The van der Waals surface area contributed by atoms with E-state index in [1.165, 1.54) is 12.1 Å². The predicted octanol–water partition coefficient (Wildman–Crippen LogP) is 6.08. The summed E-state index contributed by atoms with van der Waals surface area (Å²) in [6.45, 7) is 1.48. The number of aromatic nitrogens is 1. The molecule has 1 aliphatic heterocycles. The second-order valence-electron chi connectivity index (χ2n) is 6.56. The molecule has 33 heavy (non-hydrogen) atoms. The average molecular weight is 526 g/mol. The Bertz CT molecular complexity index is 1010. The lowest BCUT2D eigenvalue weighted by atomic mass is 10.2. The Morgan fingerprint density at radius 1 is 1.12 bits per heavy atom. The van der Waals surface area contributed by atoms with Gasteiger partial charge in [0.15, 0.2) is 5.75 Å². The molecule has 0 spiro atoms. The summed E-state index contributed by atoms with van der Waals surface area (Å²) in [6, 6.07) is 5.34. The van der Waals surface area contributed by atoms with Crippen molar-refractivity contribution in [3.8, 4) is 17.4 Å². The average Bonchev–Trinajstić information content (AvgIpc) is 3.29. The first kappa shape index (κ1) is 25.3. The summed E-state index contributed by atoms with van der Waals surface area (Å²) in [5, 5.41) is 0.284. The minimum atomic E-state index is -4.45. The van der Waals surface area contributed by atoms with E-state index in [0.717, 1.165) is 12.3 Å². The molecule has 0 saturated heterocycles. The molecule has 0 amide bonds. The van der Waals surface area contributed by atoms with Crippen LogP contribution in [0.5, 0.6) is 17.4 Å².